The lowest BCUT2D eigenvalue weighted by Gasteiger charge is -2.12. The molecule has 0 radical (unpaired) electrons. The van der Waals surface area contributed by atoms with Gasteiger partial charge < -0.3 is 9.67 Å². The van der Waals surface area contributed by atoms with Gasteiger partial charge in [-0.05, 0) is 38.5 Å². The van der Waals surface area contributed by atoms with Crippen molar-refractivity contribution in [1.29, 1.82) is 0 Å². The summed E-state index contributed by atoms with van der Waals surface area (Å²) in [6.45, 7) is 5.53. The lowest BCUT2D eigenvalue weighted by atomic mass is 10.1. The van der Waals surface area contributed by atoms with Crippen molar-refractivity contribution in [3.63, 3.8) is 0 Å². The van der Waals surface area contributed by atoms with Gasteiger partial charge in [0, 0.05) is 17.5 Å². The van der Waals surface area contributed by atoms with Crippen molar-refractivity contribution in [1.82, 2.24) is 4.57 Å². The van der Waals surface area contributed by atoms with Gasteiger partial charge in [-0.25, -0.2) is 0 Å². The third-order valence-corrected chi connectivity index (χ3v) is 3.42. The molecule has 0 fully saturated rings. The Balaban J connectivity index is 2.69. The molecule has 0 amide bonds. The maximum atomic E-state index is 11.0. The molecule has 0 aliphatic rings. The van der Waals surface area contributed by atoms with E-state index >= 15 is 0 Å². The molecule has 1 heterocycles. The normalized spacial score (nSPS) is 10.7. The molecule has 1 aromatic carbocycles. The number of nitrogens with zero attached hydrogens (tertiary/aromatic N) is 2. The Kier molecular flexibility index (Phi) is 3.40. The molecule has 100 valence electrons. The minimum absolute atomic E-state index is 0.0341. The molecule has 0 unspecified atom stereocenters. The molecule has 2 aromatic rings. The number of hydrogen-bond donors (Lipinski definition) is 1. The Bertz CT molecular complexity index is 644. The zero-order chi connectivity index (χ0) is 14.2. The van der Waals surface area contributed by atoms with Gasteiger partial charge in [-0.1, -0.05) is 6.07 Å². The highest BCUT2D eigenvalue weighted by Gasteiger charge is 2.17. The van der Waals surface area contributed by atoms with Crippen LogP contribution >= 0.6 is 0 Å². The lowest BCUT2D eigenvalue weighted by molar-refractivity contribution is -0.385. The van der Waals surface area contributed by atoms with E-state index < -0.39 is 0 Å². The quantitative estimate of drug-likeness (QED) is 0.681. The standard InChI is InChI=1S/C14H16N2O3/c1-9-7-12(8-17)11(3)15(9)13-5-4-6-14(10(13)2)16(18)19/h4-7,17H,8H2,1-3H3. The van der Waals surface area contributed by atoms with Crippen LogP contribution in [0.5, 0.6) is 0 Å². The number of benzene rings is 1. The van der Waals surface area contributed by atoms with Crippen LogP contribution in [0.2, 0.25) is 0 Å². The van der Waals surface area contributed by atoms with Gasteiger partial charge >= 0.3 is 0 Å². The van der Waals surface area contributed by atoms with E-state index in [2.05, 4.69) is 0 Å². The fourth-order valence-electron chi connectivity index (χ4n) is 2.41. The fourth-order valence-corrected chi connectivity index (χ4v) is 2.41. The van der Waals surface area contributed by atoms with E-state index in [9.17, 15) is 15.2 Å². The third-order valence-electron chi connectivity index (χ3n) is 3.42. The molecular weight excluding hydrogens is 244 g/mol. The van der Waals surface area contributed by atoms with Crippen molar-refractivity contribution < 1.29 is 10.0 Å². The molecule has 0 aliphatic heterocycles. The zero-order valence-corrected chi connectivity index (χ0v) is 11.2. The van der Waals surface area contributed by atoms with Crippen LogP contribution in [0.4, 0.5) is 5.69 Å². The third kappa shape index (κ3) is 2.13. The molecule has 0 bridgehead atoms. The number of nitro benzene ring substituents is 1. The summed E-state index contributed by atoms with van der Waals surface area (Å²) in [5, 5.41) is 20.3. The second-order valence-corrected chi connectivity index (χ2v) is 4.57. The Morgan fingerprint density at radius 1 is 1.32 bits per heavy atom. The molecule has 5 nitrogen and oxygen atoms in total. The van der Waals surface area contributed by atoms with Crippen molar-refractivity contribution >= 4 is 5.69 Å². The van der Waals surface area contributed by atoms with Crippen molar-refractivity contribution in [2.75, 3.05) is 0 Å². The van der Waals surface area contributed by atoms with Gasteiger partial charge in [0.2, 0.25) is 0 Å². The summed E-state index contributed by atoms with van der Waals surface area (Å²) in [5.41, 5.74) is 4.20. The molecule has 5 heteroatoms. The van der Waals surface area contributed by atoms with Crippen molar-refractivity contribution in [2.45, 2.75) is 27.4 Å². The van der Waals surface area contributed by atoms with E-state index in [1.807, 2.05) is 30.5 Å². The maximum Gasteiger partial charge on any atom is 0.274 e. The smallest absolute Gasteiger partial charge is 0.274 e. The van der Waals surface area contributed by atoms with Crippen LogP contribution in [-0.4, -0.2) is 14.6 Å². The van der Waals surface area contributed by atoms with Crippen LogP contribution in [0, 0.1) is 30.9 Å². The van der Waals surface area contributed by atoms with E-state index in [-0.39, 0.29) is 17.2 Å². The Morgan fingerprint density at radius 2 is 2.00 bits per heavy atom. The van der Waals surface area contributed by atoms with Gasteiger partial charge in [0.25, 0.3) is 5.69 Å². The van der Waals surface area contributed by atoms with Crippen LogP contribution in [0.1, 0.15) is 22.5 Å². The highest BCUT2D eigenvalue weighted by Crippen LogP contribution is 2.28. The van der Waals surface area contributed by atoms with E-state index in [0.717, 1.165) is 22.6 Å². The van der Waals surface area contributed by atoms with E-state index in [1.54, 1.807) is 13.0 Å². The average Bonchev–Trinajstić information content (AvgIpc) is 2.65. The number of hydrogen-bond acceptors (Lipinski definition) is 3. The first-order valence-electron chi connectivity index (χ1n) is 6.00. The number of aliphatic hydroxyl groups is 1. The first-order valence-corrected chi connectivity index (χ1v) is 6.00. The SMILES string of the molecule is Cc1c(-n2c(C)cc(CO)c2C)cccc1[N+](=O)[O-]. The molecule has 0 atom stereocenters. The topological polar surface area (TPSA) is 68.3 Å². The Morgan fingerprint density at radius 3 is 2.53 bits per heavy atom. The van der Waals surface area contributed by atoms with Gasteiger partial charge in [-0.15, -0.1) is 0 Å². The molecular formula is C14H16N2O3. The van der Waals surface area contributed by atoms with E-state index in [4.69, 9.17) is 0 Å². The number of aryl methyl sites for hydroxylation is 1. The van der Waals surface area contributed by atoms with Crippen molar-refractivity contribution in [3.8, 4) is 5.69 Å². The maximum absolute atomic E-state index is 11.0. The molecule has 2 rings (SSSR count). The summed E-state index contributed by atoms with van der Waals surface area (Å²) in [6, 6.07) is 6.93. The van der Waals surface area contributed by atoms with E-state index in [0.29, 0.717) is 5.56 Å². The fraction of sp³-hybridized carbons (Fsp3) is 0.286. The summed E-state index contributed by atoms with van der Waals surface area (Å²) in [4.78, 5) is 10.6. The highest BCUT2D eigenvalue weighted by atomic mass is 16.6. The van der Waals surface area contributed by atoms with Gasteiger partial charge in [-0.3, -0.25) is 10.1 Å². The van der Waals surface area contributed by atoms with Crippen LogP contribution < -0.4 is 0 Å². The molecule has 19 heavy (non-hydrogen) atoms. The number of aliphatic hydroxyl groups excluding tert-OH is 1. The second-order valence-electron chi connectivity index (χ2n) is 4.57. The minimum Gasteiger partial charge on any atom is -0.392 e. The first kappa shape index (κ1) is 13.3. The predicted octanol–water partition coefficient (Wildman–Crippen LogP) is 2.80. The Labute approximate surface area is 111 Å². The van der Waals surface area contributed by atoms with Gasteiger partial charge in [0.05, 0.1) is 22.8 Å². The van der Waals surface area contributed by atoms with Crippen LogP contribution in [0.15, 0.2) is 24.3 Å². The molecule has 0 spiro atoms. The molecule has 1 aromatic heterocycles. The molecule has 0 saturated carbocycles. The monoisotopic (exact) mass is 260 g/mol. The van der Waals surface area contributed by atoms with Crippen LogP contribution in [0.3, 0.4) is 0 Å². The minimum atomic E-state index is -0.375. The summed E-state index contributed by atoms with van der Waals surface area (Å²) < 4.78 is 1.94. The second kappa shape index (κ2) is 4.85. The average molecular weight is 260 g/mol. The van der Waals surface area contributed by atoms with Gasteiger partial charge in [-0.2, -0.15) is 0 Å². The van der Waals surface area contributed by atoms with Crippen molar-refractivity contribution in [3.05, 3.63) is 56.9 Å². The van der Waals surface area contributed by atoms with Gasteiger partial charge in [0.1, 0.15) is 0 Å². The number of aromatic nitrogens is 1. The molecule has 0 saturated heterocycles. The van der Waals surface area contributed by atoms with Crippen molar-refractivity contribution in [2.24, 2.45) is 0 Å². The highest BCUT2D eigenvalue weighted by molar-refractivity contribution is 5.55. The van der Waals surface area contributed by atoms with Crippen LogP contribution in [0.25, 0.3) is 5.69 Å². The largest absolute Gasteiger partial charge is 0.392 e. The van der Waals surface area contributed by atoms with E-state index in [1.165, 1.54) is 6.07 Å². The summed E-state index contributed by atoms with van der Waals surface area (Å²) in [6.07, 6.45) is 0. The van der Waals surface area contributed by atoms with Crippen LogP contribution in [-0.2, 0) is 6.61 Å². The lowest BCUT2D eigenvalue weighted by Crippen LogP contribution is -2.04. The first-order chi connectivity index (χ1) is 8.97. The predicted molar refractivity (Wildman–Crippen MR) is 72.6 cm³/mol. The summed E-state index contributed by atoms with van der Waals surface area (Å²) in [7, 11) is 0. The Hall–Kier alpha value is -2.14. The molecule has 1 N–H and O–H groups in total. The zero-order valence-electron chi connectivity index (χ0n) is 11.2. The molecule has 0 aliphatic carbocycles. The summed E-state index contributed by atoms with van der Waals surface area (Å²) >= 11 is 0. The number of rotatable bonds is 3. The summed E-state index contributed by atoms with van der Waals surface area (Å²) in [5.74, 6) is 0. The number of nitro groups is 1. The van der Waals surface area contributed by atoms with Gasteiger partial charge in [0.15, 0.2) is 0 Å².